The number of rotatable bonds is 4. The van der Waals surface area contributed by atoms with Crippen LogP contribution in [0.3, 0.4) is 0 Å². The molecule has 1 heterocycles. The van der Waals surface area contributed by atoms with Crippen LogP contribution in [0, 0.1) is 0 Å². The number of aromatic hydroxyl groups is 2. The van der Waals surface area contributed by atoms with Crippen molar-refractivity contribution in [3.63, 3.8) is 0 Å². The number of phenolic OH excluding ortho intramolecular Hbond substituents is 2. The third kappa shape index (κ3) is 4.46. The molecular formula is C20H24N2O4. The molecule has 1 amide bonds. The third-order valence-corrected chi connectivity index (χ3v) is 4.75. The first-order chi connectivity index (χ1) is 12.5. The number of benzene rings is 2. The molecule has 6 heteroatoms. The Morgan fingerprint density at radius 2 is 1.85 bits per heavy atom. The minimum atomic E-state index is -0.465. The van der Waals surface area contributed by atoms with Gasteiger partial charge in [-0.15, -0.1) is 5.06 Å². The lowest BCUT2D eigenvalue weighted by Gasteiger charge is -2.31. The second-order valence-electron chi connectivity index (χ2n) is 6.60. The van der Waals surface area contributed by atoms with E-state index in [2.05, 4.69) is 5.32 Å². The zero-order valence-corrected chi connectivity index (χ0v) is 14.8. The molecule has 0 unspecified atom stereocenters. The van der Waals surface area contributed by atoms with Gasteiger partial charge in [0.05, 0.1) is 6.04 Å². The van der Waals surface area contributed by atoms with Gasteiger partial charge in [0.2, 0.25) is 0 Å². The van der Waals surface area contributed by atoms with Crippen LogP contribution in [-0.4, -0.2) is 34.5 Å². The fraction of sp³-hybridized carbons (Fsp3) is 0.350. The van der Waals surface area contributed by atoms with E-state index in [1.54, 1.807) is 17.2 Å². The van der Waals surface area contributed by atoms with Crippen LogP contribution >= 0.6 is 0 Å². The first-order valence-electron chi connectivity index (χ1n) is 8.83. The Labute approximate surface area is 153 Å². The lowest BCUT2D eigenvalue weighted by Crippen LogP contribution is -2.39. The van der Waals surface area contributed by atoms with Crippen LogP contribution in [0.1, 0.15) is 42.9 Å². The highest BCUT2D eigenvalue weighted by atomic mass is 16.7. The predicted molar refractivity (Wildman–Crippen MR) is 97.8 cm³/mol. The Morgan fingerprint density at radius 1 is 1.15 bits per heavy atom. The highest BCUT2D eigenvalue weighted by Gasteiger charge is 2.25. The average molecular weight is 356 g/mol. The maximum Gasteiger partial charge on any atom is 0.426 e. The lowest BCUT2D eigenvalue weighted by atomic mass is 9.89. The predicted octanol–water partition coefficient (Wildman–Crippen LogP) is 3.68. The summed E-state index contributed by atoms with van der Waals surface area (Å²) in [4.78, 5) is 17.5. The number of piperidine rings is 1. The third-order valence-electron chi connectivity index (χ3n) is 4.75. The molecule has 1 fully saturated rings. The molecule has 0 bridgehead atoms. The molecule has 1 saturated heterocycles. The first kappa shape index (κ1) is 18.1. The molecule has 138 valence electrons. The van der Waals surface area contributed by atoms with Crippen molar-refractivity contribution in [2.45, 2.75) is 31.7 Å². The van der Waals surface area contributed by atoms with Crippen molar-refractivity contribution in [2.24, 2.45) is 0 Å². The molecule has 26 heavy (non-hydrogen) atoms. The quantitative estimate of drug-likeness (QED) is 0.778. The summed E-state index contributed by atoms with van der Waals surface area (Å²) in [6, 6.07) is 14.3. The maximum atomic E-state index is 12.1. The van der Waals surface area contributed by atoms with Crippen LogP contribution in [0.5, 0.6) is 11.5 Å². The van der Waals surface area contributed by atoms with Gasteiger partial charge in [-0.2, -0.15) is 0 Å². The molecule has 3 rings (SSSR count). The Bertz CT molecular complexity index is 743. The number of nitrogens with zero attached hydrogens (tertiary/aromatic N) is 1. The summed E-state index contributed by atoms with van der Waals surface area (Å²) in [5, 5.41) is 23.9. The SMILES string of the molecule is C[C@@H](NC(=O)ON1CCC(c2ccc(O)cc2O)CC1)c1ccccc1. The Hall–Kier alpha value is -2.73. The number of hydrogen-bond donors (Lipinski definition) is 3. The molecule has 0 radical (unpaired) electrons. The highest BCUT2D eigenvalue weighted by Crippen LogP contribution is 2.35. The van der Waals surface area contributed by atoms with E-state index in [0.29, 0.717) is 13.1 Å². The van der Waals surface area contributed by atoms with E-state index in [1.807, 2.05) is 37.3 Å². The van der Waals surface area contributed by atoms with Crippen LogP contribution in [-0.2, 0) is 4.84 Å². The van der Waals surface area contributed by atoms with E-state index in [0.717, 1.165) is 24.0 Å². The van der Waals surface area contributed by atoms with Crippen molar-refractivity contribution in [3.8, 4) is 11.5 Å². The molecule has 0 aromatic heterocycles. The molecule has 1 aliphatic heterocycles. The van der Waals surface area contributed by atoms with Crippen molar-refractivity contribution in [3.05, 3.63) is 59.7 Å². The highest BCUT2D eigenvalue weighted by molar-refractivity contribution is 5.67. The zero-order chi connectivity index (χ0) is 18.5. The van der Waals surface area contributed by atoms with Gasteiger partial charge in [0, 0.05) is 19.2 Å². The van der Waals surface area contributed by atoms with Crippen molar-refractivity contribution in [1.82, 2.24) is 10.4 Å². The average Bonchev–Trinajstić information content (AvgIpc) is 2.63. The summed E-state index contributed by atoms with van der Waals surface area (Å²) in [5.74, 6) is 0.344. The number of carbonyl (C=O) groups is 1. The summed E-state index contributed by atoms with van der Waals surface area (Å²) < 4.78 is 0. The number of hydrogen-bond acceptors (Lipinski definition) is 5. The lowest BCUT2D eigenvalue weighted by molar-refractivity contribution is -0.114. The fourth-order valence-electron chi connectivity index (χ4n) is 3.28. The van der Waals surface area contributed by atoms with E-state index >= 15 is 0 Å². The van der Waals surface area contributed by atoms with Gasteiger partial charge in [-0.25, -0.2) is 4.79 Å². The maximum absolute atomic E-state index is 12.1. The van der Waals surface area contributed by atoms with Crippen molar-refractivity contribution in [2.75, 3.05) is 13.1 Å². The summed E-state index contributed by atoms with van der Waals surface area (Å²) in [5.41, 5.74) is 1.84. The van der Waals surface area contributed by atoms with E-state index in [1.165, 1.54) is 6.07 Å². The van der Waals surface area contributed by atoms with Crippen LogP contribution < -0.4 is 5.32 Å². The van der Waals surface area contributed by atoms with Gasteiger partial charge >= 0.3 is 6.09 Å². The second kappa shape index (κ2) is 8.10. The summed E-state index contributed by atoms with van der Waals surface area (Å²) in [7, 11) is 0. The van der Waals surface area contributed by atoms with Gasteiger partial charge < -0.3 is 20.4 Å². The summed E-state index contributed by atoms with van der Waals surface area (Å²) >= 11 is 0. The molecule has 1 aliphatic rings. The van der Waals surface area contributed by atoms with Crippen LogP contribution in [0.4, 0.5) is 4.79 Å². The summed E-state index contributed by atoms with van der Waals surface area (Å²) in [6.45, 7) is 3.10. The number of carbonyl (C=O) groups excluding carboxylic acids is 1. The van der Waals surface area contributed by atoms with Crippen molar-refractivity contribution in [1.29, 1.82) is 0 Å². The number of amides is 1. The molecule has 0 spiro atoms. The van der Waals surface area contributed by atoms with Crippen LogP contribution in [0.25, 0.3) is 0 Å². The monoisotopic (exact) mass is 356 g/mol. The minimum absolute atomic E-state index is 0.0521. The molecule has 2 aromatic rings. The molecule has 1 atom stereocenters. The first-order valence-corrected chi connectivity index (χ1v) is 8.83. The number of phenols is 2. The molecule has 0 aliphatic carbocycles. The summed E-state index contributed by atoms with van der Waals surface area (Å²) in [6.07, 6.45) is 1.06. The molecular weight excluding hydrogens is 332 g/mol. The van der Waals surface area contributed by atoms with Gasteiger partial charge in [0.15, 0.2) is 0 Å². The van der Waals surface area contributed by atoms with E-state index in [-0.39, 0.29) is 23.5 Å². The normalized spacial score (nSPS) is 16.8. The minimum Gasteiger partial charge on any atom is -0.508 e. The standard InChI is InChI=1S/C20H24N2O4/c1-14(15-5-3-2-4-6-15)21-20(25)26-22-11-9-16(10-12-22)18-8-7-17(23)13-19(18)24/h2-8,13-14,16,23-24H,9-12H2,1H3,(H,21,25)/t14-/m1/s1. The van der Waals surface area contributed by atoms with Crippen molar-refractivity contribution < 1.29 is 19.8 Å². The molecule has 0 saturated carbocycles. The number of nitrogens with one attached hydrogen (secondary N) is 1. The van der Waals surface area contributed by atoms with Gasteiger partial charge in [0.1, 0.15) is 11.5 Å². The zero-order valence-electron chi connectivity index (χ0n) is 14.8. The van der Waals surface area contributed by atoms with E-state index in [4.69, 9.17) is 4.84 Å². The smallest absolute Gasteiger partial charge is 0.426 e. The Morgan fingerprint density at radius 3 is 2.50 bits per heavy atom. The van der Waals surface area contributed by atoms with Gasteiger partial charge in [-0.3, -0.25) is 0 Å². The second-order valence-corrected chi connectivity index (χ2v) is 6.60. The largest absolute Gasteiger partial charge is 0.508 e. The Balaban J connectivity index is 1.48. The van der Waals surface area contributed by atoms with E-state index < -0.39 is 6.09 Å². The van der Waals surface area contributed by atoms with Gasteiger partial charge in [0.25, 0.3) is 0 Å². The van der Waals surface area contributed by atoms with Crippen LogP contribution in [0.2, 0.25) is 0 Å². The van der Waals surface area contributed by atoms with Crippen LogP contribution in [0.15, 0.2) is 48.5 Å². The fourth-order valence-corrected chi connectivity index (χ4v) is 3.28. The molecule has 3 N–H and O–H groups in total. The van der Waals surface area contributed by atoms with E-state index in [9.17, 15) is 15.0 Å². The Kier molecular flexibility index (Phi) is 5.63. The topological polar surface area (TPSA) is 82.0 Å². The molecule has 6 nitrogen and oxygen atoms in total. The van der Waals surface area contributed by atoms with Gasteiger partial charge in [-0.1, -0.05) is 36.4 Å². The number of hydroxylamine groups is 2. The van der Waals surface area contributed by atoms with Crippen molar-refractivity contribution >= 4 is 6.09 Å². The molecule has 2 aromatic carbocycles. The van der Waals surface area contributed by atoms with Gasteiger partial charge in [-0.05, 0) is 42.9 Å².